The van der Waals surface area contributed by atoms with Gasteiger partial charge in [0, 0.05) is 13.1 Å². The van der Waals surface area contributed by atoms with Gasteiger partial charge in [-0.3, -0.25) is 10.2 Å². The van der Waals surface area contributed by atoms with Crippen molar-refractivity contribution in [1.29, 1.82) is 0 Å². The number of benzene rings is 2. The maximum Gasteiger partial charge on any atom is 0.259 e. The van der Waals surface area contributed by atoms with Crippen LogP contribution >= 0.6 is 0 Å². The first kappa shape index (κ1) is 15.9. The van der Waals surface area contributed by atoms with Gasteiger partial charge in [-0.15, -0.1) is 4.41 Å². The largest absolute Gasteiger partial charge is 0.272 e. The summed E-state index contributed by atoms with van der Waals surface area (Å²) in [6.45, 7) is 0. The van der Waals surface area contributed by atoms with Crippen LogP contribution in [0.25, 0.3) is 6.08 Å². The molecule has 0 saturated carbocycles. The Balaban J connectivity index is 2.04. The fourth-order valence-electron chi connectivity index (χ4n) is 1.74. The van der Waals surface area contributed by atoms with Gasteiger partial charge >= 0.3 is 0 Å². The molecule has 0 aromatic heterocycles. The van der Waals surface area contributed by atoms with Crippen molar-refractivity contribution in [3.63, 3.8) is 0 Å². The van der Waals surface area contributed by atoms with Crippen molar-refractivity contribution in [1.82, 2.24) is 9.84 Å². The second-order valence-corrected chi connectivity index (χ2v) is 6.47. The van der Waals surface area contributed by atoms with Gasteiger partial charge in [-0.2, -0.15) is 0 Å². The third-order valence-corrected chi connectivity index (χ3v) is 4.58. The first-order valence-corrected chi connectivity index (χ1v) is 8.02. The second-order valence-electron chi connectivity index (χ2n) is 4.51. The van der Waals surface area contributed by atoms with E-state index >= 15 is 0 Å². The molecule has 0 aliphatic rings. The van der Waals surface area contributed by atoms with E-state index in [4.69, 9.17) is 0 Å². The second kappa shape index (κ2) is 7.02. The van der Waals surface area contributed by atoms with Crippen LogP contribution in [-0.2, 0) is 14.8 Å². The summed E-state index contributed by atoms with van der Waals surface area (Å²) in [5, 5.41) is 0. The SMILES string of the molecule is CN(NC(=O)/C=C/c1ccccc1)S(=O)(=O)c1ccccc1. The normalized spacial score (nSPS) is 11.7. The number of carbonyl (C=O) groups is 1. The lowest BCUT2D eigenvalue weighted by Gasteiger charge is -2.17. The molecule has 2 aromatic rings. The van der Waals surface area contributed by atoms with Crippen molar-refractivity contribution in [2.45, 2.75) is 4.90 Å². The summed E-state index contributed by atoms with van der Waals surface area (Å²) in [4.78, 5) is 11.9. The van der Waals surface area contributed by atoms with Gasteiger partial charge in [0.2, 0.25) is 0 Å². The molecule has 0 spiro atoms. The molecule has 2 rings (SSSR count). The first-order chi connectivity index (χ1) is 10.5. The number of hydrogen-bond donors (Lipinski definition) is 1. The summed E-state index contributed by atoms with van der Waals surface area (Å²) in [5.41, 5.74) is 3.16. The molecular weight excluding hydrogens is 300 g/mol. The first-order valence-electron chi connectivity index (χ1n) is 6.58. The molecular formula is C16H16N2O3S. The van der Waals surface area contributed by atoms with E-state index in [-0.39, 0.29) is 4.90 Å². The predicted octanol–water partition coefficient (Wildman–Crippen LogP) is 2.05. The highest BCUT2D eigenvalue weighted by Gasteiger charge is 2.21. The minimum atomic E-state index is -3.75. The molecule has 0 atom stereocenters. The van der Waals surface area contributed by atoms with Gasteiger partial charge in [-0.25, -0.2) is 8.42 Å². The number of rotatable bonds is 5. The molecule has 0 heterocycles. The topological polar surface area (TPSA) is 66.5 Å². The molecule has 0 aliphatic carbocycles. The Labute approximate surface area is 129 Å². The van der Waals surface area contributed by atoms with Crippen LogP contribution in [0.5, 0.6) is 0 Å². The minimum Gasteiger partial charge on any atom is -0.272 e. The number of amides is 1. The molecule has 0 aliphatic heterocycles. The smallest absolute Gasteiger partial charge is 0.259 e. The van der Waals surface area contributed by atoms with Gasteiger partial charge in [0.15, 0.2) is 0 Å². The molecule has 2 aromatic carbocycles. The van der Waals surface area contributed by atoms with E-state index in [0.717, 1.165) is 9.98 Å². The Hall–Kier alpha value is -2.44. The monoisotopic (exact) mass is 316 g/mol. The molecule has 6 heteroatoms. The van der Waals surface area contributed by atoms with Crippen LogP contribution in [-0.4, -0.2) is 25.8 Å². The molecule has 1 N–H and O–H groups in total. The molecule has 0 bridgehead atoms. The highest BCUT2D eigenvalue weighted by Crippen LogP contribution is 2.11. The molecule has 22 heavy (non-hydrogen) atoms. The van der Waals surface area contributed by atoms with Gasteiger partial charge in [-0.05, 0) is 23.8 Å². The van der Waals surface area contributed by atoms with Gasteiger partial charge in [0.05, 0.1) is 4.90 Å². The Kier molecular flexibility index (Phi) is 5.08. The predicted molar refractivity (Wildman–Crippen MR) is 85.0 cm³/mol. The standard InChI is InChI=1S/C16H16N2O3S/c1-18(22(20,21)15-10-6-3-7-11-15)17-16(19)13-12-14-8-4-2-5-9-14/h2-13H,1H3,(H,17,19)/b13-12+. The van der Waals surface area contributed by atoms with Crippen molar-refractivity contribution in [2.75, 3.05) is 7.05 Å². The van der Waals surface area contributed by atoms with Crippen LogP contribution in [0.3, 0.4) is 0 Å². The lowest BCUT2D eigenvalue weighted by molar-refractivity contribution is -0.118. The van der Waals surface area contributed by atoms with E-state index in [2.05, 4.69) is 5.43 Å². The van der Waals surface area contributed by atoms with E-state index in [1.165, 1.54) is 25.3 Å². The third-order valence-electron chi connectivity index (χ3n) is 2.90. The Morgan fingerprint density at radius 3 is 2.14 bits per heavy atom. The van der Waals surface area contributed by atoms with Gasteiger partial charge < -0.3 is 0 Å². The zero-order valence-electron chi connectivity index (χ0n) is 12.0. The minimum absolute atomic E-state index is 0.116. The third kappa shape index (κ3) is 4.03. The Morgan fingerprint density at radius 1 is 1.00 bits per heavy atom. The van der Waals surface area contributed by atoms with Crippen molar-refractivity contribution < 1.29 is 13.2 Å². The number of nitrogens with zero attached hydrogens (tertiary/aromatic N) is 1. The average molecular weight is 316 g/mol. The summed E-state index contributed by atoms with van der Waals surface area (Å²) in [7, 11) is -2.46. The maximum atomic E-state index is 12.2. The molecule has 0 unspecified atom stereocenters. The van der Waals surface area contributed by atoms with Gasteiger partial charge in [0.25, 0.3) is 15.9 Å². The number of hydrogen-bond acceptors (Lipinski definition) is 3. The van der Waals surface area contributed by atoms with Crippen LogP contribution in [0.1, 0.15) is 5.56 Å². The fraction of sp³-hybridized carbons (Fsp3) is 0.0625. The van der Waals surface area contributed by atoms with Crippen LogP contribution in [0.15, 0.2) is 71.6 Å². The number of nitrogens with one attached hydrogen (secondary N) is 1. The van der Waals surface area contributed by atoms with E-state index in [1.54, 1.807) is 24.3 Å². The molecule has 0 fully saturated rings. The fourth-order valence-corrected chi connectivity index (χ4v) is 2.77. The lowest BCUT2D eigenvalue weighted by Crippen LogP contribution is -2.42. The molecule has 0 saturated heterocycles. The average Bonchev–Trinajstić information content (AvgIpc) is 2.54. The highest BCUT2D eigenvalue weighted by atomic mass is 32.2. The van der Waals surface area contributed by atoms with Gasteiger partial charge in [0.1, 0.15) is 0 Å². The molecule has 5 nitrogen and oxygen atoms in total. The Morgan fingerprint density at radius 2 is 1.55 bits per heavy atom. The van der Waals surface area contributed by atoms with Crippen LogP contribution in [0.2, 0.25) is 0 Å². The summed E-state index contributed by atoms with van der Waals surface area (Å²) in [5.74, 6) is -0.522. The number of sulfonamides is 1. The van der Waals surface area contributed by atoms with Crippen LogP contribution in [0.4, 0.5) is 0 Å². The number of carbonyl (C=O) groups excluding carboxylic acids is 1. The maximum absolute atomic E-state index is 12.2. The summed E-state index contributed by atoms with van der Waals surface area (Å²) < 4.78 is 25.3. The summed E-state index contributed by atoms with van der Waals surface area (Å²) in [6, 6.07) is 17.2. The van der Waals surface area contributed by atoms with E-state index in [9.17, 15) is 13.2 Å². The van der Waals surface area contributed by atoms with E-state index in [1.807, 2.05) is 30.3 Å². The summed E-state index contributed by atoms with van der Waals surface area (Å²) >= 11 is 0. The van der Waals surface area contributed by atoms with E-state index < -0.39 is 15.9 Å². The van der Waals surface area contributed by atoms with Crippen LogP contribution < -0.4 is 5.43 Å². The van der Waals surface area contributed by atoms with Gasteiger partial charge in [-0.1, -0.05) is 48.5 Å². The summed E-state index contributed by atoms with van der Waals surface area (Å²) in [6.07, 6.45) is 2.89. The van der Waals surface area contributed by atoms with Crippen molar-refractivity contribution in [2.24, 2.45) is 0 Å². The lowest BCUT2D eigenvalue weighted by atomic mass is 10.2. The number of hydrazine groups is 1. The zero-order chi connectivity index (χ0) is 16.0. The molecule has 1 amide bonds. The van der Waals surface area contributed by atoms with Crippen molar-refractivity contribution in [3.05, 3.63) is 72.3 Å². The van der Waals surface area contributed by atoms with Crippen molar-refractivity contribution in [3.8, 4) is 0 Å². The Bertz CT molecular complexity index is 756. The quantitative estimate of drug-likeness (QED) is 0.678. The van der Waals surface area contributed by atoms with Crippen molar-refractivity contribution >= 4 is 22.0 Å². The molecule has 0 radical (unpaired) electrons. The molecule has 114 valence electrons. The highest BCUT2D eigenvalue weighted by molar-refractivity contribution is 7.89. The zero-order valence-corrected chi connectivity index (χ0v) is 12.8. The van der Waals surface area contributed by atoms with Crippen LogP contribution in [0, 0.1) is 0 Å². The van der Waals surface area contributed by atoms with E-state index in [0.29, 0.717) is 0 Å².